The summed E-state index contributed by atoms with van der Waals surface area (Å²) in [7, 11) is 1.68. The van der Waals surface area contributed by atoms with E-state index in [0.29, 0.717) is 6.54 Å². The van der Waals surface area contributed by atoms with Crippen molar-refractivity contribution in [2.45, 2.75) is 47.5 Å². The Morgan fingerprint density at radius 2 is 2.09 bits per heavy atom. The number of rotatable bonds is 6. The van der Waals surface area contributed by atoms with E-state index in [4.69, 9.17) is 4.99 Å². The van der Waals surface area contributed by atoms with Crippen LogP contribution in [0.3, 0.4) is 0 Å². The van der Waals surface area contributed by atoms with E-state index in [1.807, 2.05) is 13.8 Å². The van der Waals surface area contributed by atoms with Crippen LogP contribution in [0.2, 0.25) is 0 Å². The second kappa shape index (κ2) is 8.39. The molecule has 0 radical (unpaired) electrons. The van der Waals surface area contributed by atoms with Crippen molar-refractivity contribution in [2.24, 2.45) is 22.2 Å². The summed E-state index contributed by atoms with van der Waals surface area (Å²) in [6.07, 6.45) is 2.51. The maximum Gasteiger partial charge on any atom is 0.227 e. The Morgan fingerprint density at radius 1 is 1.41 bits per heavy atom. The summed E-state index contributed by atoms with van der Waals surface area (Å²) in [5, 5.41) is 6.09. The van der Waals surface area contributed by atoms with Gasteiger partial charge in [-0.2, -0.15) is 0 Å². The summed E-state index contributed by atoms with van der Waals surface area (Å²) in [4.78, 5) is 18.9. The quantitative estimate of drug-likeness (QED) is 0.583. The van der Waals surface area contributed by atoms with Gasteiger partial charge in [0, 0.05) is 26.7 Å². The number of nitrogens with zero attached hydrogens (tertiary/aromatic N) is 2. The standard InChI is InChI=1S/C17H34N4O/c1-7-19-16(20-12-17(4,5)15(22)18-6)21-9-8-14(11-21)10-13(2)3/h13-14H,7-12H2,1-6H3,(H,18,22)(H,19,20). The van der Waals surface area contributed by atoms with Gasteiger partial charge in [0.15, 0.2) is 5.96 Å². The molecular formula is C17H34N4O. The van der Waals surface area contributed by atoms with E-state index in [1.54, 1.807) is 7.05 Å². The van der Waals surface area contributed by atoms with E-state index in [0.717, 1.165) is 37.4 Å². The highest BCUT2D eigenvalue weighted by Gasteiger charge is 2.28. The molecule has 5 nitrogen and oxygen atoms in total. The van der Waals surface area contributed by atoms with Crippen LogP contribution in [-0.4, -0.2) is 50.0 Å². The molecule has 0 aliphatic carbocycles. The third-order valence-corrected chi connectivity index (χ3v) is 4.19. The molecule has 1 heterocycles. The van der Waals surface area contributed by atoms with Crippen molar-refractivity contribution in [3.05, 3.63) is 0 Å². The minimum absolute atomic E-state index is 0.0335. The fourth-order valence-corrected chi connectivity index (χ4v) is 2.99. The van der Waals surface area contributed by atoms with Gasteiger partial charge >= 0.3 is 0 Å². The van der Waals surface area contributed by atoms with Crippen molar-refractivity contribution in [3.63, 3.8) is 0 Å². The van der Waals surface area contributed by atoms with Crippen molar-refractivity contribution >= 4 is 11.9 Å². The van der Waals surface area contributed by atoms with Gasteiger partial charge in [0.25, 0.3) is 0 Å². The maximum absolute atomic E-state index is 11.9. The van der Waals surface area contributed by atoms with Gasteiger partial charge in [0.05, 0.1) is 12.0 Å². The van der Waals surface area contributed by atoms with Crippen LogP contribution in [-0.2, 0) is 4.79 Å². The lowest BCUT2D eigenvalue weighted by Gasteiger charge is -2.25. The first-order valence-electron chi connectivity index (χ1n) is 8.55. The average molecular weight is 310 g/mol. The molecule has 1 fully saturated rings. The molecule has 1 aliphatic rings. The second-order valence-electron chi connectivity index (χ2n) is 7.36. The summed E-state index contributed by atoms with van der Waals surface area (Å²) >= 11 is 0. The van der Waals surface area contributed by atoms with Crippen LogP contribution in [0.1, 0.15) is 47.5 Å². The van der Waals surface area contributed by atoms with E-state index in [2.05, 4.69) is 36.3 Å². The first-order valence-corrected chi connectivity index (χ1v) is 8.55. The van der Waals surface area contributed by atoms with Crippen LogP contribution in [0.4, 0.5) is 0 Å². The highest BCUT2D eigenvalue weighted by molar-refractivity contribution is 5.83. The molecule has 1 amide bonds. The van der Waals surface area contributed by atoms with Gasteiger partial charge in [-0.05, 0) is 45.4 Å². The number of guanidine groups is 1. The Balaban J connectivity index is 2.69. The lowest BCUT2D eigenvalue weighted by molar-refractivity contribution is -0.128. The van der Waals surface area contributed by atoms with E-state index in [1.165, 1.54) is 12.8 Å². The zero-order chi connectivity index (χ0) is 16.8. The highest BCUT2D eigenvalue weighted by atomic mass is 16.2. The molecule has 1 aliphatic heterocycles. The van der Waals surface area contributed by atoms with Gasteiger partial charge in [-0.25, -0.2) is 0 Å². The maximum atomic E-state index is 11.9. The van der Waals surface area contributed by atoms with Crippen LogP contribution >= 0.6 is 0 Å². The van der Waals surface area contributed by atoms with Crippen LogP contribution in [0.25, 0.3) is 0 Å². The number of carbonyl (C=O) groups excluding carboxylic acids is 1. The Labute approximate surface area is 135 Å². The first-order chi connectivity index (χ1) is 10.3. The van der Waals surface area contributed by atoms with E-state index < -0.39 is 5.41 Å². The number of hydrogen-bond acceptors (Lipinski definition) is 2. The SMILES string of the molecule is CCNC(=NCC(C)(C)C(=O)NC)N1CCC(CC(C)C)C1. The first kappa shape index (κ1) is 18.8. The monoisotopic (exact) mass is 310 g/mol. The lowest BCUT2D eigenvalue weighted by atomic mass is 9.93. The molecule has 5 heteroatoms. The Kier molecular flexibility index (Phi) is 7.17. The van der Waals surface area contributed by atoms with Gasteiger partial charge in [0.2, 0.25) is 5.91 Å². The molecular weight excluding hydrogens is 276 g/mol. The minimum atomic E-state index is -0.480. The molecule has 0 aromatic rings. The van der Waals surface area contributed by atoms with Crippen molar-refractivity contribution in [3.8, 4) is 0 Å². The zero-order valence-corrected chi connectivity index (χ0v) is 15.2. The third kappa shape index (κ3) is 5.50. The summed E-state index contributed by atoms with van der Waals surface area (Å²) in [5.74, 6) is 2.49. The molecule has 1 unspecified atom stereocenters. The number of aliphatic imine (C=N–C) groups is 1. The average Bonchev–Trinajstić information content (AvgIpc) is 2.89. The molecule has 0 aromatic heterocycles. The van der Waals surface area contributed by atoms with Crippen LogP contribution in [0.5, 0.6) is 0 Å². The summed E-state index contributed by atoms with van der Waals surface area (Å²) < 4.78 is 0. The third-order valence-electron chi connectivity index (χ3n) is 4.19. The highest BCUT2D eigenvalue weighted by Crippen LogP contribution is 2.23. The molecule has 0 aromatic carbocycles. The number of likely N-dealkylation sites (tertiary alicyclic amines) is 1. The second-order valence-corrected chi connectivity index (χ2v) is 7.36. The summed E-state index contributed by atoms with van der Waals surface area (Å²) in [6.45, 7) is 14.0. The summed E-state index contributed by atoms with van der Waals surface area (Å²) in [5.41, 5.74) is -0.480. The molecule has 2 N–H and O–H groups in total. The van der Waals surface area contributed by atoms with Gasteiger partial charge in [-0.1, -0.05) is 13.8 Å². The van der Waals surface area contributed by atoms with Gasteiger partial charge < -0.3 is 15.5 Å². The minimum Gasteiger partial charge on any atom is -0.359 e. The smallest absolute Gasteiger partial charge is 0.227 e. The van der Waals surface area contributed by atoms with Gasteiger partial charge in [-0.3, -0.25) is 9.79 Å². The molecule has 0 saturated carbocycles. The topological polar surface area (TPSA) is 56.7 Å². The predicted molar refractivity (Wildman–Crippen MR) is 93.0 cm³/mol. The number of hydrogen-bond donors (Lipinski definition) is 2. The molecule has 22 heavy (non-hydrogen) atoms. The lowest BCUT2D eigenvalue weighted by Crippen LogP contribution is -2.42. The summed E-state index contributed by atoms with van der Waals surface area (Å²) in [6, 6.07) is 0. The molecule has 1 saturated heterocycles. The van der Waals surface area contributed by atoms with E-state index in [9.17, 15) is 4.79 Å². The number of amides is 1. The Morgan fingerprint density at radius 3 is 2.64 bits per heavy atom. The molecule has 1 rings (SSSR count). The fraction of sp³-hybridized carbons (Fsp3) is 0.882. The van der Waals surface area contributed by atoms with Crippen molar-refractivity contribution in [2.75, 3.05) is 33.2 Å². The normalized spacial score (nSPS) is 19.7. The van der Waals surface area contributed by atoms with Crippen molar-refractivity contribution in [1.82, 2.24) is 15.5 Å². The molecule has 0 spiro atoms. The number of nitrogens with one attached hydrogen (secondary N) is 2. The number of carbonyl (C=O) groups is 1. The van der Waals surface area contributed by atoms with E-state index >= 15 is 0 Å². The van der Waals surface area contributed by atoms with Gasteiger partial charge in [-0.15, -0.1) is 0 Å². The van der Waals surface area contributed by atoms with Crippen LogP contribution < -0.4 is 10.6 Å². The predicted octanol–water partition coefficient (Wildman–Crippen LogP) is 2.09. The molecule has 1 atom stereocenters. The fourth-order valence-electron chi connectivity index (χ4n) is 2.99. The van der Waals surface area contributed by atoms with Crippen LogP contribution in [0.15, 0.2) is 4.99 Å². The zero-order valence-electron chi connectivity index (χ0n) is 15.2. The largest absolute Gasteiger partial charge is 0.359 e. The van der Waals surface area contributed by atoms with Crippen molar-refractivity contribution in [1.29, 1.82) is 0 Å². The molecule has 128 valence electrons. The Hall–Kier alpha value is -1.26. The van der Waals surface area contributed by atoms with Crippen molar-refractivity contribution < 1.29 is 4.79 Å². The molecule has 0 bridgehead atoms. The van der Waals surface area contributed by atoms with Crippen LogP contribution in [0, 0.1) is 17.3 Å². The van der Waals surface area contributed by atoms with E-state index in [-0.39, 0.29) is 5.91 Å². The van der Waals surface area contributed by atoms with Gasteiger partial charge in [0.1, 0.15) is 0 Å². The Bertz CT molecular complexity index is 390.